The molecule has 2 N–H and O–H groups in total. The smallest absolute Gasteiger partial charge is 0.265 e. The van der Waals surface area contributed by atoms with Crippen molar-refractivity contribution in [3.05, 3.63) is 83.9 Å². The number of fused-ring (bicyclic) bond motifs is 2. The average molecular weight is 563 g/mol. The predicted molar refractivity (Wildman–Crippen MR) is 151 cm³/mol. The number of hydrogen-bond acceptors (Lipinski definition) is 6. The van der Waals surface area contributed by atoms with Crippen LogP contribution in [0.3, 0.4) is 0 Å². The van der Waals surface area contributed by atoms with Crippen molar-refractivity contribution >= 4 is 44.8 Å². The van der Waals surface area contributed by atoms with Gasteiger partial charge in [0.25, 0.3) is 15.9 Å². The molecule has 0 aliphatic carbocycles. The Hall–Kier alpha value is -4.22. The molecule has 2 atom stereocenters. The topological polar surface area (TPSA) is 125 Å². The van der Waals surface area contributed by atoms with Crippen molar-refractivity contribution in [3.63, 3.8) is 0 Å². The van der Waals surface area contributed by atoms with Gasteiger partial charge >= 0.3 is 0 Å². The maximum absolute atomic E-state index is 14.4. The fraction of sp³-hybridized carbons (Fsp3) is 0.276. The number of para-hydroxylation sites is 2. The Bertz CT molecular complexity index is 1560. The van der Waals surface area contributed by atoms with Gasteiger partial charge in [-0.3, -0.25) is 23.6 Å². The van der Waals surface area contributed by atoms with Crippen LogP contribution in [0.15, 0.2) is 77.7 Å². The Morgan fingerprint density at radius 2 is 1.48 bits per heavy atom. The predicted octanol–water partition coefficient (Wildman–Crippen LogP) is 2.49. The normalized spacial score (nSPS) is 17.8. The van der Waals surface area contributed by atoms with Gasteiger partial charge in [-0.2, -0.15) is 0 Å². The van der Waals surface area contributed by atoms with Crippen LogP contribution in [0.4, 0.5) is 17.1 Å². The van der Waals surface area contributed by atoms with Crippen LogP contribution >= 0.6 is 0 Å². The van der Waals surface area contributed by atoms with Crippen LogP contribution in [0.1, 0.15) is 18.1 Å². The largest absolute Gasteiger partial charge is 0.383 e. The van der Waals surface area contributed by atoms with E-state index in [0.717, 1.165) is 5.56 Å². The van der Waals surface area contributed by atoms with Crippen LogP contribution in [-0.4, -0.2) is 58.5 Å². The zero-order chi connectivity index (χ0) is 28.4. The molecule has 0 radical (unpaired) electrons. The molecule has 40 heavy (non-hydrogen) atoms. The Balaban J connectivity index is 1.53. The third kappa shape index (κ3) is 5.05. The number of sulfonamides is 1. The quantitative estimate of drug-likeness (QED) is 0.407. The van der Waals surface area contributed by atoms with Gasteiger partial charge in [-0.15, -0.1) is 0 Å². The molecule has 2 aliphatic rings. The fourth-order valence-corrected chi connectivity index (χ4v) is 6.94. The highest BCUT2D eigenvalue weighted by Crippen LogP contribution is 2.40. The summed E-state index contributed by atoms with van der Waals surface area (Å²) in [7, 11) is -2.66. The number of methoxy groups -OCH3 is 1. The van der Waals surface area contributed by atoms with E-state index in [1.165, 1.54) is 47.5 Å². The molecular formula is C29H30N4O6S. The number of benzene rings is 3. The van der Waals surface area contributed by atoms with Crippen LogP contribution in [0.5, 0.6) is 0 Å². The van der Waals surface area contributed by atoms with Gasteiger partial charge in [0, 0.05) is 44.8 Å². The van der Waals surface area contributed by atoms with Crippen molar-refractivity contribution in [2.75, 3.05) is 34.8 Å². The van der Waals surface area contributed by atoms with Crippen molar-refractivity contribution in [3.8, 4) is 0 Å². The zero-order valence-corrected chi connectivity index (χ0v) is 23.0. The lowest BCUT2D eigenvalue weighted by Crippen LogP contribution is -2.55. The van der Waals surface area contributed by atoms with Gasteiger partial charge in [0.15, 0.2) is 0 Å². The summed E-state index contributed by atoms with van der Waals surface area (Å²) in [5.74, 6) is -1.09. The summed E-state index contributed by atoms with van der Waals surface area (Å²) in [4.78, 5) is 40.4. The van der Waals surface area contributed by atoms with E-state index in [2.05, 4.69) is 10.6 Å². The summed E-state index contributed by atoms with van der Waals surface area (Å²) in [6.45, 7) is 1.97. The lowest BCUT2D eigenvalue weighted by molar-refractivity contribution is -0.126. The fourth-order valence-electron chi connectivity index (χ4n) is 5.29. The van der Waals surface area contributed by atoms with Crippen LogP contribution < -0.4 is 19.8 Å². The lowest BCUT2D eigenvalue weighted by Gasteiger charge is -2.32. The second kappa shape index (κ2) is 11.1. The Morgan fingerprint density at radius 1 is 0.875 bits per heavy atom. The minimum absolute atomic E-state index is 0.0215. The number of anilines is 3. The summed E-state index contributed by atoms with van der Waals surface area (Å²) in [6.07, 6.45) is 0.479. The van der Waals surface area contributed by atoms with Crippen molar-refractivity contribution < 1.29 is 27.5 Å². The number of rotatable bonds is 8. The molecule has 5 rings (SSSR count). The molecule has 2 heterocycles. The van der Waals surface area contributed by atoms with Gasteiger partial charge in [0.1, 0.15) is 12.1 Å². The molecule has 0 spiro atoms. The zero-order valence-electron chi connectivity index (χ0n) is 22.2. The van der Waals surface area contributed by atoms with Gasteiger partial charge in [-0.25, -0.2) is 8.42 Å². The van der Waals surface area contributed by atoms with Crippen LogP contribution in [0, 0.1) is 0 Å². The molecule has 0 saturated carbocycles. The number of nitrogens with one attached hydrogen (secondary N) is 2. The highest BCUT2D eigenvalue weighted by molar-refractivity contribution is 7.93. The number of nitrogens with zero attached hydrogens (tertiary/aromatic N) is 2. The maximum atomic E-state index is 14.4. The second-order valence-electron chi connectivity index (χ2n) is 9.70. The molecule has 0 fully saturated rings. The first-order valence-corrected chi connectivity index (χ1v) is 14.3. The summed E-state index contributed by atoms with van der Waals surface area (Å²) >= 11 is 0. The molecule has 3 amide bonds. The number of carbonyl (C=O) groups is 3. The molecule has 11 heteroatoms. The first-order chi connectivity index (χ1) is 19.2. The molecule has 2 unspecified atom stereocenters. The molecule has 0 bridgehead atoms. The maximum Gasteiger partial charge on any atom is 0.265 e. The molecule has 208 valence electrons. The molecular weight excluding hydrogens is 532 g/mol. The summed E-state index contributed by atoms with van der Waals surface area (Å²) in [5, 5.41) is 5.44. The second-order valence-corrected chi connectivity index (χ2v) is 11.5. The van der Waals surface area contributed by atoms with Crippen LogP contribution in [0.2, 0.25) is 0 Å². The Labute approximate surface area is 233 Å². The van der Waals surface area contributed by atoms with Crippen LogP contribution in [-0.2, 0) is 42.0 Å². The SMILES string of the molecule is COCCNC(=O)C1Cc2ccccc2N1C(=O)C1Cc2ccccc2N1S(=O)(=O)c1ccc(NC(C)=O)cc1. The lowest BCUT2D eigenvalue weighted by atomic mass is 10.1. The standard InChI is InChI=1S/C29H30N4O6S/c1-19(34)31-22-11-13-23(14-12-22)40(37,38)33-25-10-6-4-8-21(25)18-27(33)29(36)32-24-9-5-3-7-20(24)17-26(32)28(35)30-15-16-39-2/h3-14,26-27H,15-18H2,1-2H3,(H,30,35)(H,31,34). The van der Waals surface area contributed by atoms with Crippen molar-refractivity contribution in [2.45, 2.75) is 36.7 Å². The monoisotopic (exact) mass is 562 g/mol. The Kier molecular flexibility index (Phi) is 7.59. The minimum Gasteiger partial charge on any atom is -0.383 e. The number of hydrogen-bond donors (Lipinski definition) is 2. The van der Waals surface area contributed by atoms with E-state index in [1.54, 1.807) is 36.4 Å². The highest BCUT2D eigenvalue weighted by atomic mass is 32.2. The van der Waals surface area contributed by atoms with Gasteiger partial charge in [-0.1, -0.05) is 36.4 Å². The van der Waals surface area contributed by atoms with E-state index >= 15 is 0 Å². The van der Waals surface area contributed by atoms with E-state index < -0.39 is 28.0 Å². The van der Waals surface area contributed by atoms with E-state index in [-0.39, 0.29) is 29.7 Å². The van der Waals surface area contributed by atoms with Gasteiger partial charge in [0.05, 0.1) is 17.2 Å². The van der Waals surface area contributed by atoms with E-state index in [9.17, 15) is 22.8 Å². The van der Waals surface area contributed by atoms with Gasteiger partial charge in [0.2, 0.25) is 11.8 Å². The Morgan fingerprint density at radius 3 is 2.12 bits per heavy atom. The van der Waals surface area contributed by atoms with Crippen molar-refractivity contribution in [1.82, 2.24) is 5.32 Å². The van der Waals surface area contributed by atoms with Crippen LogP contribution in [0.25, 0.3) is 0 Å². The minimum atomic E-state index is -4.20. The summed E-state index contributed by atoms with van der Waals surface area (Å²) in [6, 6.07) is 18.2. The van der Waals surface area contributed by atoms with Gasteiger partial charge < -0.3 is 15.4 Å². The third-order valence-corrected chi connectivity index (χ3v) is 8.90. The summed E-state index contributed by atoms with van der Waals surface area (Å²) in [5.41, 5.74) is 3.01. The van der Waals surface area contributed by atoms with Crippen molar-refractivity contribution in [1.29, 1.82) is 0 Å². The third-order valence-electron chi connectivity index (χ3n) is 7.06. The van der Waals surface area contributed by atoms with E-state index in [1.807, 2.05) is 12.1 Å². The summed E-state index contributed by atoms with van der Waals surface area (Å²) < 4.78 is 34.3. The first kappa shape index (κ1) is 27.4. The molecule has 2 aliphatic heterocycles. The molecule has 3 aromatic rings. The highest BCUT2D eigenvalue weighted by Gasteiger charge is 2.48. The first-order valence-electron chi connectivity index (χ1n) is 12.9. The van der Waals surface area contributed by atoms with E-state index in [0.29, 0.717) is 35.7 Å². The number of amides is 3. The van der Waals surface area contributed by atoms with E-state index in [4.69, 9.17) is 4.74 Å². The van der Waals surface area contributed by atoms with Gasteiger partial charge in [-0.05, 0) is 47.5 Å². The average Bonchev–Trinajstić information content (AvgIpc) is 3.52. The molecule has 0 saturated heterocycles. The number of ether oxygens (including phenoxy) is 1. The molecule has 10 nitrogen and oxygen atoms in total. The number of carbonyl (C=O) groups excluding carboxylic acids is 3. The van der Waals surface area contributed by atoms with Crippen molar-refractivity contribution in [2.24, 2.45) is 0 Å². The molecule has 3 aromatic carbocycles. The molecule has 0 aromatic heterocycles.